The second-order valence-corrected chi connectivity index (χ2v) is 4.83. The SMILES string of the molecule is N#CC1CNCCN1Cc1cc(=O)n2ccccc2n1. The highest BCUT2D eigenvalue weighted by Crippen LogP contribution is 2.08. The summed E-state index contributed by atoms with van der Waals surface area (Å²) in [5.41, 5.74) is 1.26. The van der Waals surface area contributed by atoms with Gasteiger partial charge in [0, 0.05) is 38.4 Å². The first-order chi connectivity index (χ1) is 9.78. The van der Waals surface area contributed by atoms with Crippen molar-refractivity contribution >= 4 is 5.65 Å². The predicted octanol–water partition coefficient (Wildman–Crippen LogP) is -0.00812. The van der Waals surface area contributed by atoms with Gasteiger partial charge in [-0.1, -0.05) is 6.07 Å². The van der Waals surface area contributed by atoms with Gasteiger partial charge in [0.25, 0.3) is 5.56 Å². The minimum atomic E-state index is -0.167. The maximum atomic E-state index is 12.0. The summed E-state index contributed by atoms with van der Waals surface area (Å²) in [5, 5.41) is 12.3. The fourth-order valence-corrected chi connectivity index (χ4v) is 2.46. The van der Waals surface area contributed by atoms with Gasteiger partial charge in [-0.15, -0.1) is 0 Å². The molecule has 1 aliphatic rings. The van der Waals surface area contributed by atoms with Crippen LogP contribution in [0.25, 0.3) is 5.65 Å². The van der Waals surface area contributed by atoms with Crippen LogP contribution < -0.4 is 10.9 Å². The lowest BCUT2D eigenvalue weighted by molar-refractivity contribution is 0.187. The van der Waals surface area contributed by atoms with Crippen LogP contribution in [0, 0.1) is 11.3 Å². The largest absolute Gasteiger partial charge is 0.313 e. The van der Waals surface area contributed by atoms with Gasteiger partial charge in [0.05, 0.1) is 11.8 Å². The molecule has 1 atom stereocenters. The van der Waals surface area contributed by atoms with Gasteiger partial charge in [-0.3, -0.25) is 14.1 Å². The molecule has 1 N–H and O–H groups in total. The van der Waals surface area contributed by atoms with E-state index >= 15 is 0 Å². The van der Waals surface area contributed by atoms with Crippen molar-refractivity contribution in [2.75, 3.05) is 19.6 Å². The maximum Gasteiger partial charge on any atom is 0.258 e. The summed E-state index contributed by atoms with van der Waals surface area (Å²) in [6.45, 7) is 2.82. The molecule has 102 valence electrons. The molecule has 3 rings (SSSR count). The number of nitrogens with zero attached hydrogens (tertiary/aromatic N) is 4. The van der Waals surface area contributed by atoms with E-state index in [9.17, 15) is 4.79 Å². The van der Waals surface area contributed by atoms with E-state index in [2.05, 4.69) is 21.3 Å². The van der Waals surface area contributed by atoms with E-state index in [1.165, 1.54) is 4.40 Å². The van der Waals surface area contributed by atoms with Crippen molar-refractivity contribution in [3.05, 3.63) is 46.5 Å². The highest BCUT2D eigenvalue weighted by Gasteiger charge is 2.22. The number of pyridine rings is 1. The van der Waals surface area contributed by atoms with Gasteiger partial charge in [-0.25, -0.2) is 4.98 Å². The summed E-state index contributed by atoms with van der Waals surface area (Å²) in [6.07, 6.45) is 1.71. The number of hydrogen-bond donors (Lipinski definition) is 1. The normalized spacial score (nSPS) is 19.9. The first-order valence-corrected chi connectivity index (χ1v) is 6.59. The first-order valence-electron chi connectivity index (χ1n) is 6.59. The van der Waals surface area contributed by atoms with Crippen molar-refractivity contribution in [3.8, 4) is 6.07 Å². The highest BCUT2D eigenvalue weighted by atomic mass is 16.1. The number of piperazine rings is 1. The van der Waals surface area contributed by atoms with Gasteiger partial charge in [-0.05, 0) is 12.1 Å². The van der Waals surface area contributed by atoms with E-state index in [0.717, 1.165) is 13.1 Å². The molecule has 0 aliphatic carbocycles. The zero-order valence-electron chi connectivity index (χ0n) is 11.0. The number of rotatable bonds is 2. The van der Waals surface area contributed by atoms with Crippen LogP contribution in [-0.4, -0.2) is 40.0 Å². The van der Waals surface area contributed by atoms with Gasteiger partial charge >= 0.3 is 0 Å². The fraction of sp³-hybridized carbons (Fsp3) is 0.357. The van der Waals surface area contributed by atoms with Gasteiger partial charge in [0.1, 0.15) is 11.7 Å². The zero-order chi connectivity index (χ0) is 13.9. The van der Waals surface area contributed by atoms with Gasteiger partial charge in [0.2, 0.25) is 0 Å². The van der Waals surface area contributed by atoms with E-state index in [4.69, 9.17) is 5.26 Å². The van der Waals surface area contributed by atoms with Crippen LogP contribution in [0.3, 0.4) is 0 Å². The molecule has 0 aromatic carbocycles. The highest BCUT2D eigenvalue weighted by molar-refractivity contribution is 5.38. The van der Waals surface area contributed by atoms with Crippen molar-refractivity contribution in [3.63, 3.8) is 0 Å². The van der Waals surface area contributed by atoms with Crippen LogP contribution in [0.15, 0.2) is 35.3 Å². The predicted molar refractivity (Wildman–Crippen MR) is 74.1 cm³/mol. The summed E-state index contributed by atoms with van der Waals surface area (Å²) in [4.78, 5) is 18.6. The second-order valence-electron chi connectivity index (χ2n) is 4.83. The molecule has 2 aromatic heterocycles. The molecule has 3 heterocycles. The number of nitrogens with one attached hydrogen (secondary N) is 1. The smallest absolute Gasteiger partial charge is 0.258 e. The molecule has 0 saturated carbocycles. The Kier molecular flexibility index (Phi) is 3.46. The lowest BCUT2D eigenvalue weighted by Crippen LogP contribution is -2.50. The minimum Gasteiger partial charge on any atom is -0.313 e. The Morgan fingerprint density at radius 3 is 3.25 bits per heavy atom. The average Bonchev–Trinajstić information content (AvgIpc) is 2.48. The summed E-state index contributed by atoms with van der Waals surface area (Å²) in [6, 6.07) is 9.13. The Morgan fingerprint density at radius 2 is 2.40 bits per heavy atom. The molecule has 1 saturated heterocycles. The molecule has 0 radical (unpaired) electrons. The fourth-order valence-electron chi connectivity index (χ4n) is 2.46. The Morgan fingerprint density at radius 1 is 1.50 bits per heavy atom. The van der Waals surface area contributed by atoms with Crippen molar-refractivity contribution in [1.29, 1.82) is 5.26 Å². The van der Waals surface area contributed by atoms with Crippen LogP contribution in [0.5, 0.6) is 0 Å². The van der Waals surface area contributed by atoms with Gasteiger partial charge < -0.3 is 5.32 Å². The topological polar surface area (TPSA) is 73.4 Å². The van der Waals surface area contributed by atoms with Gasteiger partial charge in [-0.2, -0.15) is 5.26 Å². The Hall–Kier alpha value is -2.23. The number of hydrogen-bond acceptors (Lipinski definition) is 5. The number of aromatic nitrogens is 2. The average molecular weight is 269 g/mol. The molecular formula is C14H15N5O. The minimum absolute atomic E-state index is 0.0887. The molecule has 20 heavy (non-hydrogen) atoms. The monoisotopic (exact) mass is 269 g/mol. The summed E-state index contributed by atoms with van der Waals surface area (Å²) in [7, 11) is 0. The van der Waals surface area contributed by atoms with Crippen molar-refractivity contribution in [2.24, 2.45) is 0 Å². The molecule has 0 spiro atoms. The van der Waals surface area contributed by atoms with E-state index in [1.807, 2.05) is 12.1 Å². The third-order valence-corrected chi connectivity index (χ3v) is 3.49. The van der Waals surface area contributed by atoms with Crippen LogP contribution in [0.4, 0.5) is 0 Å². The zero-order valence-corrected chi connectivity index (χ0v) is 11.0. The van der Waals surface area contributed by atoms with Crippen molar-refractivity contribution < 1.29 is 0 Å². The summed E-state index contributed by atoms with van der Waals surface area (Å²) < 4.78 is 1.52. The quantitative estimate of drug-likeness (QED) is 0.830. The van der Waals surface area contributed by atoms with E-state index < -0.39 is 0 Å². The third kappa shape index (κ3) is 2.41. The second kappa shape index (κ2) is 5.41. The summed E-state index contributed by atoms with van der Waals surface area (Å²) in [5.74, 6) is 0. The van der Waals surface area contributed by atoms with Crippen LogP contribution in [0.1, 0.15) is 5.69 Å². The van der Waals surface area contributed by atoms with Crippen LogP contribution in [0.2, 0.25) is 0 Å². The molecule has 1 fully saturated rings. The molecule has 0 bridgehead atoms. The third-order valence-electron chi connectivity index (χ3n) is 3.49. The number of fused-ring (bicyclic) bond motifs is 1. The molecule has 0 amide bonds. The Bertz CT molecular complexity index is 717. The molecule has 6 heteroatoms. The molecule has 6 nitrogen and oxygen atoms in total. The Balaban J connectivity index is 1.91. The van der Waals surface area contributed by atoms with Crippen LogP contribution >= 0.6 is 0 Å². The van der Waals surface area contributed by atoms with Gasteiger partial charge in [0.15, 0.2) is 0 Å². The molecule has 2 aromatic rings. The van der Waals surface area contributed by atoms with E-state index in [0.29, 0.717) is 24.4 Å². The Labute approximate surface area is 116 Å². The lowest BCUT2D eigenvalue weighted by atomic mass is 10.2. The molecule has 1 unspecified atom stereocenters. The maximum absolute atomic E-state index is 12.0. The van der Waals surface area contributed by atoms with Crippen molar-refractivity contribution in [1.82, 2.24) is 19.6 Å². The van der Waals surface area contributed by atoms with E-state index in [1.54, 1.807) is 18.3 Å². The molecular weight excluding hydrogens is 254 g/mol. The number of nitriles is 1. The van der Waals surface area contributed by atoms with Crippen molar-refractivity contribution in [2.45, 2.75) is 12.6 Å². The first kappa shape index (κ1) is 12.8. The van der Waals surface area contributed by atoms with E-state index in [-0.39, 0.29) is 11.6 Å². The van der Waals surface area contributed by atoms with Crippen LogP contribution in [-0.2, 0) is 6.54 Å². The lowest BCUT2D eigenvalue weighted by Gasteiger charge is -2.31. The molecule has 1 aliphatic heterocycles. The summed E-state index contributed by atoms with van der Waals surface area (Å²) >= 11 is 0. The standard InChI is InChI=1S/C14H15N5O/c15-8-12-9-16-4-6-18(12)10-11-7-14(20)19-5-2-1-3-13(19)17-11/h1-3,5,7,12,16H,4,6,9-10H2.